The molecular formula is C16H24N2O3. The number of benzene rings is 1. The number of carbonyl (C=O) groups excluding carboxylic acids is 1. The Hall–Kier alpha value is -1.88. The van der Waals surface area contributed by atoms with Crippen molar-refractivity contribution in [3.05, 3.63) is 29.8 Å². The zero-order valence-corrected chi connectivity index (χ0v) is 12.8. The van der Waals surface area contributed by atoms with Gasteiger partial charge in [-0.25, -0.2) is 0 Å². The van der Waals surface area contributed by atoms with Gasteiger partial charge in [-0.05, 0) is 43.0 Å². The molecule has 4 N–H and O–H groups in total. The Kier molecular flexibility index (Phi) is 6.37. The monoisotopic (exact) mass is 292 g/mol. The van der Waals surface area contributed by atoms with E-state index in [4.69, 9.17) is 5.73 Å². The van der Waals surface area contributed by atoms with Crippen molar-refractivity contribution >= 4 is 17.4 Å². The lowest BCUT2D eigenvalue weighted by molar-refractivity contribution is -0.140. The number of carboxylic acid groups (broad SMARTS) is 1. The van der Waals surface area contributed by atoms with Crippen molar-refractivity contribution < 1.29 is 14.7 Å². The van der Waals surface area contributed by atoms with Gasteiger partial charge >= 0.3 is 5.97 Å². The summed E-state index contributed by atoms with van der Waals surface area (Å²) < 4.78 is 0. The lowest BCUT2D eigenvalue weighted by Crippen LogP contribution is -2.47. The standard InChI is InChI=1S/C16H24N2O3/c1-4-13(18-14(16(20)21)9-10(2)3)15(19)11-5-7-12(17)8-6-11/h5-8,10,13-14,18H,4,9,17H2,1-3H3,(H,20,21). The van der Waals surface area contributed by atoms with E-state index in [9.17, 15) is 14.7 Å². The average Bonchev–Trinajstić information content (AvgIpc) is 2.42. The van der Waals surface area contributed by atoms with Crippen molar-refractivity contribution in [3.63, 3.8) is 0 Å². The first kappa shape index (κ1) is 17.2. The smallest absolute Gasteiger partial charge is 0.320 e. The maximum absolute atomic E-state index is 12.4. The predicted molar refractivity (Wildman–Crippen MR) is 83.3 cm³/mol. The zero-order chi connectivity index (χ0) is 16.0. The van der Waals surface area contributed by atoms with Crippen molar-refractivity contribution in [1.29, 1.82) is 0 Å². The average molecular weight is 292 g/mol. The van der Waals surface area contributed by atoms with Gasteiger partial charge in [0.05, 0.1) is 6.04 Å². The normalized spacial score (nSPS) is 13.9. The number of hydrogen-bond acceptors (Lipinski definition) is 4. The molecule has 0 radical (unpaired) electrons. The molecule has 0 aliphatic heterocycles. The maximum Gasteiger partial charge on any atom is 0.320 e. The molecule has 2 atom stereocenters. The molecule has 0 amide bonds. The number of nitrogens with one attached hydrogen (secondary N) is 1. The number of hydrogen-bond donors (Lipinski definition) is 3. The molecule has 0 bridgehead atoms. The summed E-state index contributed by atoms with van der Waals surface area (Å²) in [6, 6.07) is 5.45. The molecule has 0 aliphatic carbocycles. The fourth-order valence-corrected chi connectivity index (χ4v) is 2.18. The Balaban J connectivity index is 2.83. The van der Waals surface area contributed by atoms with E-state index in [1.54, 1.807) is 24.3 Å². The van der Waals surface area contributed by atoms with E-state index in [1.807, 2.05) is 20.8 Å². The van der Waals surface area contributed by atoms with Gasteiger partial charge in [-0.3, -0.25) is 14.9 Å². The van der Waals surface area contributed by atoms with E-state index < -0.39 is 18.1 Å². The molecule has 0 fully saturated rings. The summed E-state index contributed by atoms with van der Waals surface area (Å²) in [5.74, 6) is -0.789. The van der Waals surface area contributed by atoms with Crippen LogP contribution in [0.4, 0.5) is 5.69 Å². The van der Waals surface area contributed by atoms with Gasteiger partial charge in [0.15, 0.2) is 5.78 Å². The Morgan fingerprint density at radius 2 is 1.76 bits per heavy atom. The van der Waals surface area contributed by atoms with Crippen molar-refractivity contribution in [2.24, 2.45) is 5.92 Å². The molecule has 1 rings (SSSR count). The number of nitrogen functional groups attached to an aromatic ring is 1. The van der Waals surface area contributed by atoms with Crippen molar-refractivity contribution in [1.82, 2.24) is 5.32 Å². The molecule has 0 heterocycles. The van der Waals surface area contributed by atoms with E-state index in [2.05, 4.69) is 5.32 Å². The van der Waals surface area contributed by atoms with E-state index in [-0.39, 0.29) is 11.7 Å². The minimum Gasteiger partial charge on any atom is -0.480 e. The zero-order valence-electron chi connectivity index (χ0n) is 12.8. The molecular weight excluding hydrogens is 268 g/mol. The molecule has 0 aliphatic rings. The second-order valence-corrected chi connectivity index (χ2v) is 5.63. The van der Waals surface area contributed by atoms with Crippen molar-refractivity contribution in [3.8, 4) is 0 Å². The molecule has 0 aromatic heterocycles. The van der Waals surface area contributed by atoms with Gasteiger partial charge in [-0.1, -0.05) is 20.8 Å². The topological polar surface area (TPSA) is 92.4 Å². The van der Waals surface area contributed by atoms with E-state index in [0.29, 0.717) is 24.1 Å². The highest BCUT2D eigenvalue weighted by Gasteiger charge is 2.26. The third-order valence-electron chi connectivity index (χ3n) is 3.33. The SMILES string of the molecule is CCC(NC(CC(C)C)C(=O)O)C(=O)c1ccc(N)cc1. The number of anilines is 1. The molecule has 2 unspecified atom stereocenters. The van der Waals surface area contributed by atoms with Crippen molar-refractivity contribution in [2.75, 3.05) is 5.73 Å². The van der Waals surface area contributed by atoms with Crippen LogP contribution in [-0.4, -0.2) is 28.9 Å². The Labute approximate surface area is 125 Å². The number of aliphatic carboxylic acids is 1. The number of rotatable bonds is 8. The molecule has 0 saturated carbocycles. The van der Waals surface area contributed by atoms with Gasteiger partial charge in [-0.2, -0.15) is 0 Å². The number of carbonyl (C=O) groups is 2. The van der Waals surface area contributed by atoms with Crippen LogP contribution in [-0.2, 0) is 4.79 Å². The second kappa shape index (κ2) is 7.78. The summed E-state index contributed by atoms with van der Waals surface area (Å²) in [6.07, 6.45) is 1.02. The van der Waals surface area contributed by atoms with Gasteiger partial charge in [0, 0.05) is 11.3 Å². The Morgan fingerprint density at radius 3 is 2.19 bits per heavy atom. The lowest BCUT2D eigenvalue weighted by atomic mass is 9.98. The highest BCUT2D eigenvalue weighted by Crippen LogP contribution is 2.12. The third-order valence-corrected chi connectivity index (χ3v) is 3.33. The van der Waals surface area contributed by atoms with E-state index in [0.717, 1.165) is 0 Å². The van der Waals surface area contributed by atoms with Crippen LogP contribution in [0.15, 0.2) is 24.3 Å². The van der Waals surface area contributed by atoms with Gasteiger partial charge < -0.3 is 10.8 Å². The van der Waals surface area contributed by atoms with Crippen molar-refractivity contribution in [2.45, 2.75) is 45.7 Å². The lowest BCUT2D eigenvalue weighted by Gasteiger charge is -2.22. The highest BCUT2D eigenvalue weighted by molar-refractivity contribution is 6.00. The molecule has 1 aromatic carbocycles. The minimum atomic E-state index is -0.924. The third kappa shape index (κ3) is 5.19. The van der Waals surface area contributed by atoms with Crippen LogP contribution in [0.3, 0.4) is 0 Å². The molecule has 1 aromatic rings. The summed E-state index contributed by atoms with van der Waals surface area (Å²) in [4.78, 5) is 23.7. The first-order valence-electron chi connectivity index (χ1n) is 7.23. The van der Waals surface area contributed by atoms with Crippen LogP contribution in [0.2, 0.25) is 0 Å². The van der Waals surface area contributed by atoms with Gasteiger partial charge in [0.1, 0.15) is 6.04 Å². The second-order valence-electron chi connectivity index (χ2n) is 5.63. The highest BCUT2D eigenvalue weighted by atomic mass is 16.4. The summed E-state index contributed by atoms with van der Waals surface area (Å²) in [7, 11) is 0. The van der Waals surface area contributed by atoms with E-state index in [1.165, 1.54) is 0 Å². The van der Waals surface area contributed by atoms with Crippen LogP contribution in [0.5, 0.6) is 0 Å². The summed E-state index contributed by atoms with van der Waals surface area (Å²) in [5, 5.41) is 12.2. The minimum absolute atomic E-state index is 0.104. The molecule has 21 heavy (non-hydrogen) atoms. The number of carboxylic acids is 1. The van der Waals surface area contributed by atoms with Gasteiger partial charge in [-0.15, -0.1) is 0 Å². The fraction of sp³-hybridized carbons (Fsp3) is 0.500. The molecule has 5 nitrogen and oxygen atoms in total. The quantitative estimate of drug-likeness (QED) is 0.505. The van der Waals surface area contributed by atoms with Crippen LogP contribution >= 0.6 is 0 Å². The van der Waals surface area contributed by atoms with Crippen LogP contribution in [0, 0.1) is 5.92 Å². The number of ketones is 1. The number of nitrogens with two attached hydrogens (primary N) is 1. The van der Waals surface area contributed by atoms with Crippen LogP contribution in [0.1, 0.15) is 44.0 Å². The first-order valence-corrected chi connectivity index (χ1v) is 7.23. The Morgan fingerprint density at radius 1 is 1.19 bits per heavy atom. The molecule has 0 spiro atoms. The van der Waals surface area contributed by atoms with Gasteiger partial charge in [0.25, 0.3) is 0 Å². The van der Waals surface area contributed by atoms with Crippen LogP contribution < -0.4 is 11.1 Å². The fourth-order valence-electron chi connectivity index (χ4n) is 2.18. The molecule has 116 valence electrons. The molecule has 5 heteroatoms. The molecule has 0 saturated heterocycles. The van der Waals surface area contributed by atoms with Gasteiger partial charge in [0.2, 0.25) is 0 Å². The van der Waals surface area contributed by atoms with Crippen LogP contribution in [0.25, 0.3) is 0 Å². The maximum atomic E-state index is 12.4. The predicted octanol–water partition coefficient (Wildman–Crippen LogP) is 2.32. The summed E-state index contributed by atoms with van der Waals surface area (Å²) in [5.41, 5.74) is 6.74. The van der Waals surface area contributed by atoms with E-state index >= 15 is 0 Å². The largest absolute Gasteiger partial charge is 0.480 e. The summed E-state index contributed by atoms with van der Waals surface area (Å²) in [6.45, 7) is 5.78. The summed E-state index contributed by atoms with van der Waals surface area (Å²) >= 11 is 0. The first-order chi connectivity index (χ1) is 9.85. The Bertz CT molecular complexity index is 483. The number of Topliss-reactive ketones (excluding diaryl/α,β-unsaturated/α-hetero) is 1.